The van der Waals surface area contributed by atoms with Gasteiger partial charge >= 0.3 is 0 Å². The minimum absolute atomic E-state index is 0.259. The van der Waals surface area contributed by atoms with Crippen LogP contribution in [0.5, 0.6) is 5.75 Å². The van der Waals surface area contributed by atoms with Crippen LogP contribution in [0, 0.1) is 24.1 Å². The number of hydrogen-bond donors (Lipinski definition) is 0. The van der Waals surface area contributed by atoms with Gasteiger partial charge in [0, 0.05) is 38.8 Å². The van der Waals surface area contributed by atoms with Crippen LogP contribution in [0.15, 0.2) is 42.5 Å². The van der Waals surface area contributed by atoms with Gasteiger partial charge in [-0.3, -0.25) is 4.90 Å². The number of halogens is 1. The summed E-state index contributed by atoms with van der Waals surface area (Å²) in [6.07, 6.45) is 3.51. The Morgan fingerprint density at radius 1 is 1.06 bits per heavy atom. The normalized spacial score (nSPS) is 16.1. The molecule has 1 aliphatic heterocycles. The van der Waals surface area contributed by atoms with E-state index < -0.39 is 0 Å². The molecule has 166 valence electrons. The van der Waals surface area contributed by atoms with Crippen LogP contribution in [0.1, 0.15) is 48.8 Å². The van der Waals surface area contributed by atoms with Gasteiger partial charge < -0.3 is 9.64 Å². The lowest BCUT2D eigenvalue weighted by molar-refractivity contribution is 0.115. The van der Waals surface area contributed by atoms with Crippen molar-refractivity contribution in [1.29, 1.82) is 5.26 Å². The molecule has 1 unspecified atom stereocenters. The largest absolute Gasteiger partial charge is 0.492 e. The van der Waals surface area contributed by atoms with Crippen molar-refractivity contribution in [2.24, 2.45) is 0 Å². The molecule has 3 rings (SSSR count). The van der Waals surface area contributed by atoms with E-state index in [1.165, 1.54) is 30.5 Å². The maximum absolute atomic E-state index is 13.2. The maximum atomic E-state index is 13.2. The van der Waals surface area contributed by atoms with Crippen molar-refractivity contribution in [2.75, 3.05) is 45.9 Å². The first kappa shape index (κ1) is 23.2. The van der Waals surface area contributed by atoms with Gasteiger partial charge in [-0.25, -0.2) is 4.39 Å². The predicted molar refractivity (Wildman–Crippen MR) is 123 cm³/mol. The Morgan fingerprint density at radius 2 is 1.81 bits per heavy atom. The van der Waals surface area contributed by atoms with Crippen molar-refractivity contribution in [1.82, 2.24) is 9.80 Å². The molecule has 2 aromatic rings. The molecule has 0 saturated carbocycles. The number of nitrogens with zero attached hydrogens (tertiary/aromatic N) is 3. The van der Waals surface area contributed by atoms with Crippen LogP contribution in [0.2, 0.25) is 0 Å². The van der Waals surface area contributed by atoms with Gasteiger partial charge in [-0.15, -0.1) is 0 Å². The summed E-state index contributed by atoms with van der Waals surface area (Å²) >= 11 is 0. The average molecular weight is 424 g/mol. The Labute approximate surface area is 186 Å². The highest BCUT2D eigenvalue weighted by molar-refractivity contribution is 5.40. The van der Waals surface area contributed by atoms with Crippen molar-refractivity contribution in [2.45, 2.75) is 39.0 Å². The average Bonchev–Trinajstić information content (AvgIpc) is 2.78. The molecule has 5 heteroatoms. The van der Waals surface area contributed by atoms with Gasteiger partial charge in [-0.1, -0.05) is 25.1 Å². The first-order valence-corrected chi connectivity index (χ1v) is 11.4. The fraction of sp³-hybridized carbons (Fsp3) is 0.500. The Kier molecular flexibility index (Phi) is 8.87. The molecule has 31 heavy (non-hydrogen) atoms. The first-order valence-electron chi connectivity index (χ1n) is 11.4. The lowest BCUT2D eigenvalue weighted by Gasteiger charge is -2.34. The number of piperazine rings is 1. The van der Waals surface area contributed by atoms with Gasteiger partial charge in [0.25, 0.3) is 0 Å². The predicted octanol–water partition coefficient (Wildman–Crippen LogP) is 4.98. The molecule has 2 aromatic carbocycles. The smallest absolute Gasteiger partial charge is 0.126 e. The van der Waals surface area contributed by atoms with E-state index in [-0.39, 0.29) is 5.82 Å². The SMILES string of the molecule is CCC(CCCN1CCN(CCOc2cccc(F)c2)CC1)c1ccc(C#N)c(C)c1. The van der Waals surface area contributed by atoms with Crippen LogP contribution in [0.25, 0.3) is 0 Å². The van der Waals surface area contributed by atoms with Crippen molar-refractivity contribution in [3.8, 4) is 11.8 Å². The van der Waals surface area contributed by atoms with E-state index in [9.17, 15) is 4.39 Å². The van der Waals surface area contributed by atoms with Gasteiger partial charge in [-0.2, -0.15) is 5.26 Å². The van der Waals surface area contributed by atoms with Crippen LogP contribution in [0.4, 0.5) is 4.39 Å². The topological polar surface area (TPSA) is 39.5 Å². The van der Waals surface area contributed by atoms with E-state index >= 15 is 0 Å². The van der Waals surface area contributed by atoms with Crippen molar-refractivity contribution in [3.05, 3.63) is 65.0 Å². The molecule has 0 aromatic heterocycles. The van der Waals surface area contributed by atoms with Crippen LogP contribution in [-0.2, 0) is 0 Å². The molecule has 1 heterocycles. The van der Waals surface area contributed by atoms with Gasteiger partial charge in [-0.05, 0) is 68.0 Å². The van der Waals surface area contributed by atoms with E-state index in [1.807, 2.05) is 13.0 Å². The van der Waals surface area contributed by atoms with E-state index in [1.54, 1.807) is 12.1 Å². The second-order valence-corrected chi connectivity index (χ2v) is 8.42. The van der Waals surface area contributed by atoms with E-state index in [0.717, 1.165) is 56.8 Å². The minimum Gasteiger partial charge on any atom is -0.492 e. The molecule has 0 radical (unpaired) electrons. The number of rotatable bonds is 10. The first-order chi connectivity index (χ1) is 15.1. The zero-order chi connectivity index (χ0) is 22.1. The van der Waals surface area contributed by atoms with Crippen LogP contribution >= 0.6 is 0 Å². The summed E-state index contributed by atoms with van der Waals surface area (Å²) in [5, 5.41) is 9.14. The quantitative estimate of drug-likeness (QED) is 0.541. The van der Waals surface area contributed by atoms with E-state index in [0.29, 0.717) is 18.3 Å². The van der Waals surface area contributed by atoms with Crippen LogP contribution < -0.4 is 4.74 Å². The van der Waals surface area contributed by atoms with Gasteiger partial charge in [0.1, 0.15) is 18.2 Å². The molecule has 0 amide bonds. The summed E-state index contributed by atoms with van der Waals surface area (Å²) < 4.78 is 18.9. The molecule has 0 spiro atoms. The molecule has 4 nitrogen and oxygen atoms in total. The Bertz CT molecular complexity index is 871. The highest BCUT2D eigenvalue weighted by Crippen LogP contribution is 2.26. The maximum Gasteiger partial charge on any atom is 0.126 e. The Hall–Kier alpha value is -2.42. The molecule has 1 saturated heterocycles. The number of aryl methyl sites for hydroxylation is 1. The van der Waals surface area contributed by atoms with Gasteiger partial charge in [0.15, 0.2) is 0 Å². The van der Waals surface area contributed by atoms with Crippen LogP contribution in [-0.4, -0.2) is 55.7 Å². The molecule has 0 N–H and O–H groups in total. The van der Waals surface area contributed by atoms with Crippen LogP contribution in [0.3, 0.4) is 0 Å². The summed E-state index contributed by atoms with van der Waals surface area (Å²) in [6.45, 7) is 11.2. The number of nitriles is 1. The zero-order valence-corrected chi connectivity index (χ0v) is 18.8. The lowest BCUT2D eigenvalue weighted by atomic mass is 9.90. The molecule has 0 aliphatic carbocycles. The molecular formula is C26H34FN3O. The lowest BCUT2D eigenvalue weighted by Crippen LogP contribution is -2.47. The molecule has 0 bridgehead atoms. The summed E-state index contributed by atoms with van der Waals surface area (Å²) in [5.41, 5.74) is 3.22. The minimum atomic E-state index is -0.259. The standard InChI is InChI=1S/C26H34FN3O/c1-3-22(23-9-10-24(20-28)21(2)18-23)6-5-11-29-12-14-30(15-13-29)16-17-31-26-8-4-7-25(27)19-26/h4,7-10,18-19,22H,3,5-6,11-17H2,1-2H3. The number of ether oxygens (including phenoxy) is 1. The van der Waals surface area contributed by atoms with Gasteiger partial charge in [0.05, 0.1) is 11.6 Å². The number of benzene rings is 2. The summed E-state index contributed by atoms with van der Waals surface area (Å²) in [4.78, 5) is 4.98. The molecule has 1 fully saturated rings. The third kappa shape index (κ3) is 7.05. The highest BCUT2D eigenvalue weighted by Gasteiger charge is 2.17. The third-order valence-electron chi connectivity index (χ3n) is 6.30. The van der Waals surface area contributed by atoms with E-state index in [4.69, 9.17) is 10.00 Å². The van der Waals surface area contributed by atoms with Gasteiger partial charge in [0.2, 0.25) is 0 Å². The van der Waals surface area contributed by atoms with Crippen molar-refractivity contribution in [3.63, 3.8) is 0 Å². The monoisotopic (exact) mass is 423 g/mol. The zero-order valence-electron chi connectivity index (χ0n) is 18.8. The fourth-order valence-electron chi connectivity index (χ4n) is 4.32. The summed E-state index contributed by atoms with van der Waals surface area (Å²) in [7, 11) is 0. The van der Waals surface area contributed by atoms with Crippen molar-refractivity contribution < 1.29 is 9.13 Å². The molecule has 1 atom stereocenters. The summed E-state index contributed by atoms with van der Waals surface area (Å²) in [6, 6.07) is 14.9. The number of hydrogen-bond acceptors (Lipinski definition) is 4. The van der Waals surface area contributed by atoms with Crippen molar-refractivity contribution >= 4 is 0 Å². The second-order valence-electron chi connectivity index (χ2n) is 8.42. The molecular weight excluding hydrogens is 389 g/mol. The van der Waals surface area contributed by atoms with E-state index in [2.05, 4.69) is 34.9 Å². The Morgan fingerprint density at radius 3 is 2.45 bits per heavy atom. The fourth-order valence-corrected chi connectivity index (χ4v) is 4.32. The second kappa shape index (κ2) is 11.8. The Balaban J connectivity index is 1.34. The highest BCUT2D eigenvalue weighted by atomic mass is 19.1. The summed E-state index contributed by atoms with van der Waals surface area (Å²) in [5.74, 6) is 0.903. The molecule has 1 aliphatic rings. The third-order valence-corrected chi connectivity index (χ3v) is 6.30.